The van der Waals surface area contributed by atoms with E-state index in [1.165, 1.54) is 11.1 Å². The summed E-state index contributed by atoms with van der Waals surface area (Å²) in [5.41, 5.74) is 5.70. The van der Waals surface area contributed by atoms with Crippen LogP contribution in [0.15, 0.2) is 60.7 Å². The molecule has 0 spiro atoms. The average Bonchev–Trinajstić information content (AvgIpc) is 3.19. The average molecular weight is 443 g/mol. The number of benzene rings is 2. The highest BCUT2D eigenvalue weighted by atomic mass is 16.2. The third-order valence-electron chi connectivity index (χ3n) is 7.42. The van der Waals surface area contributed by atoms with Crippen LogP contribution in [0, 0.1) is 11.3 Å². The topological polar surface area (TPSA) is 34.9 Å². The minimum absolute atomic E-state index is 0.0372. The van der Waals surface area contributed by atoms with E-state index in [-0.39, 0.29) is 17.2 Å². The molecule has 3 nitrogen and oxygen atoms in total. The van der Waals surface area contributed by atoms with Gasteiger partial charge in [0.1, 0.15) is 0 Å². The Kier molecular flexibility index (Phi) is 6.61. The molecule has 0 unspecified atom stereocenters. The third-order valence-corrected chi connectivity index (χ3v) is 7.42. The Morgan fingerprint density at radius 3 is 2.18 bits per heavy atom. The molecule has 4 rings (SSSR count). The Labute approximate surface area is 199 Å². The lowest BCUT2D eigenvalue weighted by molar-refractivity contribution is 0.0854. The van der Waals surface area contributed by atoms with E-state index in [0.29, 0.717) is 24.2 Å². The second-order valence-corrected chi connectivity index (χ2v) is 11.2. The molecule has 0 saturated carbocycles. The first-order valence-electron chi connectivity index (χ1n) is 12.4. The molecule has 1 aliphatic carbocycles. The first-order chi connectivity index (χ1) is 15.7. The van der Waals surface area contributed by atoms with E-state index in [1.807, 2.05) is 12.1 Å². The monoisotopic (exact) mass is 442 g/mol. The zero-order valence-corrected chi connectivity index (χ0v) is 21.0. The van der Waals surface area contributed by atoms with Gasteiger partial charge >= 0.3 is 0 Å². The second kappa shape index (κ2) is 9.29. The van der Waals surface area contributed by atoms with E-state index in [2.05, 4.69) is 90.1 Å². The second-order valence-electron chi connectivity index (χ2n) is 11.2. The van der Waals surface area contributed by atoms with Crippen molar-refractivity contribution in [2.75, 3.05) is 0 Å². The summed E-state index contributed by atoms with van der Waals surface area (Å²) in [6.07, 6.45) is 2.72. The van der Waals surface area contributed by atoms with Crippen molar-refractivity contribution in [1.82, 2.24) is 9.78 Å². The Balaban J connectivity index is 1.83. The molecule has 33 heavy (non-hydrogen) atoms. The fourth-order valence-electron chi connectivity index (χ4n) is 5.49. The maximum atomic E-state index is 14.0. The summed E-state index contributed by atoms with van der Waals surface area (Å²) in [6, 6.07) is 20.8. The normalized spacial score (nSPS) is 19.4. The van der Waals surface area contributed by atoms with E-state index in [4.69, 9.17) is 5.10 Å². The number of hydrogen-bond donors (Lipinski definition) is 0. The number of nitrogens with zero attached hydrogens (tertiary/aromatic N) is 2. The van der Waals surface area contributed by atoms with Gasteiger partial charge in [0.25, 0.3) is 0 Å². The predicted molar refractivity (Wildman–Crippen MR) is 137 cm³/mol. The highest BCUT2D eigenvalue weighted by molar-refractivity contribution is 5.85. The minimum Gasteiger partial charge on any atom is -0.273 e. The van der Waals surface area contributed by atoms with Gasteiger partial charge in [-0.25, -0.2) is 0 Å². The Bertz CT molecular complexity index is 1090. The maximum Gasteiger partial charge on any atom is 0.248 e. The van der Waals surface area contributed by atoms with Gasteiger partial charge in [0.2, 0.25) is 5.91 Å². The van der Waals surface area contributed by atoms with Crippen molar-refractivity contribution in [2.45, 2.75) is 78.6 Å². The van der Waals surface area contributed by atoms with Crippen LogP contribution in [-0.4, -0.2) is 15.7 Å². The van der Waals surface area contributed by atoms with E-state index >= 15 is 0 Å². The van der Waals surface area contributed by atoms with Gasteiger partial charge in [0.15, 0.2) is 0 Å². The summed E-state index contributed by atoms with van der Waals surface area (Å²) >= 11 is 0. The SMILES string of the molecule is CC(C)[C@@H]1CC[C@@H](C)c2c1nn(C(=O)C[C@H](c1ccccc1)C(C)(C)C)c2-c1ccccc1. The van der Waals surface area contributed by atoms with Crippen LogP contribution in [0.25, 0.3) is 11.3 Å². The van der Waals surface area contributed by atoms with Crippen LogP contribution in [-0.2, 0) is 0 Å². The smallest absolute Gasteiger partial charge is 0.248 e. The molecule has 0 saturated heterocycles. The van der Waals surface area contributed by atoms with Crippen molar-refractivity contribution in [3.8, 4) is 11.3 Å². The molecule has 174 valence electrons. The molecule has 0 radical (unpaired) electrons. The quantitative estimate of drug-likeness (QED) is 0.400. The summed E-state index contributed by atoms with van der Waals surface area (Å²) in [7, 11) is 0. The summed E-state index contributed by atoms with van der Waals surface area (Å²) in [6.45, 7) is 13.5. The van der Waals surface area contributed by atoms with Gasteiger partial charge in [0.05, 0.1) is 11.4 Å². The summed E-state index contributed by atoms with van der Waals surface area (Å²) in [4.78, 5) is 14.0. The Morgan fingerprint density at radius 1 is 1.00 bits per heavy atom. The largest absolute Gasteiger partial charge is 0.273 e. The van der Waals surface area contributed by atoms with Crippen LogP contribution < -0.4 is 0 Å². The number of hydrogen-bond acceptors (Lipinski definition) is 2. The third kappa shape index (κ3) is 4.69. The molecule has 3 heteroatoms. The number of carbonyl (C=O) groups excluding carboxylic acids is 1. The molecule has 1 aromatic heterocycles. The van der Waals surface area contributed by atoms with Crippen LogP contribution in [0.1, 0.15) is 100 Å². The van der Waals surface area contributed by atoms with Crippen molar-refractivity contribution < 1.29 is 4.79 Å². The molecule has 0 fully saturated rings. The van der Waals surface area contributed by atoms with Gasteiger partial charge in [-0.2, -0.15) is 9.78 Å². The van der Waals surface area contributed by atoms with Crippen molar-refractivity contribution in [3.63, 3.8) is 0 Å². The summed E-state index contributed by atoms with van der Waals surface area (Å²) in [5, 5.41) is 5.08. The Morgan fingerprint density at radius 2 is 1.61 bits per heavy atom. The first-order valence-corrected chi connectivity index (χ1v) is 12.4. The van der Waals surface area contributed by atoms with Gasteiger partial charge < -0.3 is 0 Å². The summed E-state index contributed by atoms with van der Waals surface area (Å²) < 4.78 is 1.76. The van der Waals surface area contributed by atoms with Crippen LogP contribution in [0.3, 0.4) is 0 Å². The summed E-state index contributed by atoms with van der Waals surface area (Å²) in [5.74, 6) is 1.51. The van der Waals surface area contributed by atoms with E-state index in [9.17, 15) is 4.79 Å². The zero-order chi connectivity index (χ0) is 23.8. The number of aromatic nitrogens is 2. The molecule has 3 aromatic rings. The van der Waals surface area contributed by atoms with Crippen molar-refractivity contribution in [3.05, 3.63) is 77.5 Å². The zero-order valence-electron chi connectivity index (χ0n) is 21.0. The standard InChI is InChI=1S/C30H38N2O/c1-20(2)24-18-17-21(3)27-28(24)31-32(29(27)23-15-11-8-12-16-23)26(33)19-25(30(4,5)6)22-13-9-7-10-14-22/h7-16,20-21,24-25H,17-19H2,1-6H3/t21-,24+,25-/m1/s1. The van der Waals surface area contributed by atoms with E-state index < -0.39 is 0 Å². The number of fused-ring (bicyclic) bond motifs is 1. The van der Waals surface area contributed by atoms with Gasteiger partial charge in [-0.3, -0.25) is 4.79 Å². The molecule has 1 heterocycles. The van der Waals surface area contributed by atoms with Crippen LogP contribution in [0.2, 0.25) is 0 Å². The van der Waals surface area contributed by atoms with Gasteiger partial charge in [-0.1, -0.05) is 102 Å². The predicted octanol–water partition coefficient (Wildman–Crippen LogP) is 8.05. The van der Waals surface area contributed by atoms with Gasteiger partial charge in [-0.15, -0.1) is 0 Å². The molecule has 1 aliphatic rings. The first kappa shape index (κ1) is 23.5. The van der Waals surface area contributed by atoms with Crippen LogP contribution >= 0.6 is 0 Å². The Hall–Kier alpha value is -2.68. The van der Waals surface area contributed by atoms with Crippen molar-refractivity contribution in [1.29, 1.82) is 0 Å². The molecule has 0 bridgehead atoms. The molecular weight excluding hydrogens is 404 g/mol. The van der Waals surface area contributed by atoms with E-state index in [0.717, 1.165) is 29.8 Å². The fraction of sp³-hybridized carbons (Fsp3) is 0.467. The fourth-order valence-corrected chi connectivity index (χ4v) is 5.49. The van der Waals surface area contributed by atoms with Crippen molar-refractivity contribution >= 4 is 5.91 Å². The molecule has 3 atom stereocenters. The lowest BCUT2D eigenvalue weighted by Gasteiger charge is -2.31. The molecule has 2 aromatic carbocycles. The van der Waals surface area contributed by atoms with Gasteiger partial charge in [-0.05, 0) is 41.6 Å². The maximum absolute atomic E-state index is 14.0. The lowest BCUT2D eigenvalue weighted by atomic mass is 9.74. The highest BCUT2D eigenvalue weighted by Crippen LogP contribution is 2.46. The van der Waals surface area contributed by atoms with Crippen molar-refractivity contribution in [2.24, 2.45) is 11.3 Å². The van der Waals surface area contributed by atoms with Gasteiger partial charge in [0, 0.05) is 23.5 Å². The molecule has 0 amide bonds. The van der Waals surface area contributed by atoms with Crippen LogP contribution in [0.4, 0.5) is 0 Å². The number of rotatable bonds is 5. The minimum atomic E-state index is -0.0372. The van der Waals surface area contributed by atoms with E-state index in [1.54, 1.807) is 4.68 Å². The number of carbonyl (C=O) groups is 1. The molecular formula is C30H38N2O. The molecule has 0 aliphatic heterocycles. The lowest BCUT2D eigenvalue weighted by Crippen LogP contribution is -2.25. The van der Waals surface area contributed by atoms with Crippen LogP contribution in [0.5, 0.6) is 0 Å². The highest BCUT2D eigenvalue weighted by Gasteiger charge is 2.36. The molecule has 0 N–H and O–H groups in total.